The lowest BCUT2D eigenvalue weighted by atomic mass is 9.80. The molecule has 0 unspecified atom stereocenters. The standard InChI is InChI=1S/C19H20N2OS/c1-12-8-10-14(11-9-12)21-18(23)20-17-13(2)19(21,3)22-16-7-5-4-6-15(16)17/h4-11,13,17H,1-3H3,(H,20,23)/t13-,17+,19+/m1/s1. The fourth-order valence-corrected chi connectivity index (χ4v) is 4.06. The molecule has 23 heavy (non-hydrogen) atoms. The van der Waals surface area contributed by atoms with Crippen LogP contribution in [-0.4, -0.2) is 10.8 Å². The van der Waals surface area contributed by atoms with Gasteiger partial charge in [0.1, 0.15) is 5.75 Å². The van der Waals surface area contributed by atoms with E-state index in [0.717, 1.165) is 11.4 Å². The molecule has 0 aromatic heterocycles. The molecule has 118 valence electrons. The lowest BCUT2D eigenvalue weighted by molar-refractivity contribution is -0.00316. The Hall–Kier alpha value is -2.07. The summed E-state index contributed by atoms with van der Waals surface area (Å²) in [6, 6.07) is 16.8. The fourth-order valence-electron chi connectivity index (χ4n) is 3.64. The van der Waals surface area contributed by atoms with Crippen molar-refractivity contribution in [1.82, 2.24) is 5.32 Å². The SMILES string of the molecule is Cc1ccc(N2C(=S)N[C@@H]3c4ccccc4O[C@@]2(C)[C@@H]3C)cc1. The summed E-state index contributed by atoms with van der Waals surface area (Å²) in [6.07, 6.45) is 0. The van der Waals surface area contributed by atoms with Gasteiger partial charge in [-0.15, -0.1) is 0 Å². The molecular formula is C19H20N2OS. The third-order valence-corrected chi connectivity index (χ3v) is 5.43. The van der Waals surface area contributed by atoms with Crippen molar-refractivity contribution in [3.05, 3.63) is 59.7 Å². The van der Waals surface area contributed by atoms with Crippen molar-refractivity contribution in [3.8, 4) is 5.75 Å². The van der Waals surface area contributed by atoms with E-state index in [2.05, 4.69) is 67.4 Å². The molecule has 2 heterocycles. The van der Waals surface area contributed by atoms with E-state index in [4.69, 9.17) is 17.0 Å². The molecule has 2 aliphatic heterocycles. The largest absolute Gasteiger partial charge is 0.467 e. The third-order valence-electron chi connectivity index (χ3n) is 5.13. The van der Waals surface area contributed by atoms with Crippen molar-refractivity contribution in [1.29, 1.82) is 0 Å². The number of thiocarbonyl (C=S) groups is 1. The summed E-state index contributed by atoms with van der Waals surface area (Å²) in [4.78, 5) is 2.11. The number of hydrogen-bond acceptors (Lipinski definition) is 2. The Morgan fingerprint density at radius 1 is 1.13 bits per heavy atom. The Labute approximate surface area is 142 Å². The molecule has 3 nitrogen and oxygen atoms in total. The minimum Gasteiger partial charge on any atom is -0.467 e. The number of para-hydroxylation sites is 1. The van der Waals surface area contributed by atoms with Crippen molar-refractivity contribution < 1.29 is 4.74 Å². The predicted octanol–water partition coefficient (Wildman–Crippen LogP) is 4.18. The van der Waals surface area contributed by atoms with Crippen molar-refractivity contribution in [3.63, 3.8) is 0 Å². The molecule has 1 fully saturated rings. The lowest BCUT2D eigenvalue weighted by Gasteiger charge is -2.56. The molecule has 2 aromatic carbocycles. The second-order valence-corrected chi connectivity index (χ2v) is 6.97. The summed E-state index contributed by atoms with van der Waals surface area (Å²) in [5.74, 6) is 1.19. The molecule has 4 heteroatoms. The van der Waals surface area contributed by atoms with E-state index in [-0.39, 0.29) is 12.0 Å². The van der Waals surface area contributed by atoms with Crippen molar-refractivity contribution in [2.24, 2.45) is 5.92 Å². The summed E-state index contributed by atoms with van der Waals surface area (Å²) in [5.41, 5.74) is 2.97. The molecule has 0 spiro atoms. The molecule has 0 radical (unpaired) electrons. The molecule has 3 atom stereocenters. The van der Waals surface area contributed by atoms with E-state index < -0.39 is 5.72 Å². The minimum absolute atomic E-state index is 0.180. The van der Waals surface area contributed by atoms with E-state index in [1.165, 1.54) is 11.1 Å². The zero-order valence-corrected chi connectivity index (χ0v) is 14.4. The highest BCUT2D eigenvalue weighted by Crippen LogP contribution is 2.48. The zero-order valence-electron chi connectivity index (χ0n) is 13.5. The van der Waals surface area contributed by atoms with Gasteiger partial charge in [0.25, 0.3) is 0 Å². The molecule has 2 aliphatic rings. The number of benzene rings is 2. The van der Waals surface area contributed by atoms with E-state index in [0.29, 0.717) is 5.11 Å². The number of anilines is 1. The van der Waals surface area contributed by atoms with E-state index >= 15 is 0 Å². The Bertz CT molecular complexity index is 773. The van der Waals surface area contributed by atoms with Gasteiger partial charge in [0.2, 0.25) is 0 Å². The van der Waals surface area contributed by atoms with Crippen LogP contribution in [0.4, 0.5) is 5.69 Å². The molecule has 2 aromatic rings. The number of rotatable bonds is 1. The lowest BCUT2D eigenvalue weighted by Crippen LogP contribution is -2.69. The van der Waals surface area contributed by atoms with Crippen molar-refractivity contribution >= 4 is 23.0 Å². The molecule has 1 saturated heterocycles. The van der Waals surface area contributed by atoms with Gasteiger partial charge in [-0.3, -0.25) is 4.90 Å². The molecule has 1 N–H and O–H groups in total. The number of nitrogens with one attached hydrogen (secondary N) is 1. The van der Waals surface area contributed by atoms with E-state index in [9.17, 15) is 0 Å². The number of fused-ring (bicyclic) bond motifs is 4. The monoisotopic (exact) mass is 324 g/mol. The molecular weight excluding hydrogens is 304 g/mol. The minimum atomic E-state index is -0.503. The number of ether oxygens (including phenoxy) is 1. The highest BCUT2D eigenvalue weighted by atomic mass is 32.1. The van der Waals surface area contributed by atoms with Crippen molar-refractivity contribution in [2.45, 2.75) is 32.5 Å². The first-order valence-electron chi connectivity index (χ1n) is 7.96. The van der Waals surface area contributed by atoms with Gasteiger partial charge in [-0.2, -0.15) is 0 Å². The van der Waals surface area contributed by atoms with E-state index in [1.54, 1.807) is 0 Å². The van der Waals surface area contributed by atoms with Crippen LogP contribution in [0.3, 0.4) is 0 Å². The van der Waals surface area contributed by atoms with Crippen LogP contribution in [0.1, 0.15) is 31.0 Å². The highest BCUT2D eigenvalue weighted by Gasteiger charge is 2.53. The quantitative estimate of drug-likeness (QED) is 0.796. The Kier molecular flexibility index (Phi) is 3.13. The van der Waals surface area contributed by atoms with Crippen LogP contribution in [0.2, 0.25) is 0 Å². The summed E-state index contributed by atoms with van der Waals surface area (Å²) in [5, 5.41) is 4.24. The average molecular weight is 324 g/mol. The summed E-state index contributed by atoms with van der Waals surface area (Å²) >= 11 is 5.69. The predicted molar refractivity (Wildman–Crippen MR) is 96.8 cm³/mol. The van der Waals surface area contributed by atoms with Gasteiger partial charge in [-0.25, -0.2) is 0 Å². The topological polar surface area (TPSA) is 24.5 Å². The Morgan fingerprint density at radius 2 is 1.83 bits per heavy atom. The van der Waals surface area contributed by atoms with Crippen LogP contribution in [0.5, 0.6) is 5.75 Å². The normalized spacial score (nSPS) is 28.7. The summed E-state index contributed by atoms with van der Waals surface area (Å²) < 4.78 is 6.47. The van der Waals surface area contributed by atoms with Gasteiger partial charge in [-0.1, -0.05) is 42.8 Å². The van der Waals surface area contributed by atoms with Gasteiger partial charge in [-0.05, 0) is 44.3 Å². The summed E-state index contributed by atoms with van der Waals surface area (Å²) in [6.45, 7) is 6.44. The molecule has 2 bridgehead atoms. The van der Waals surface area contributed by atoms with Gasteiger partial charge < -0.3 is 10.1 Å². The van der Waals surface area contributed by atoms with E-state index in [1.807, 2.05) is 12.1 Å². The summed E-state index contributed by atoms with van der Waals surface area (Å²) in [7, 11) is 0. The van der Waals surface area contributed by atoms with Crippen molar-refractivity contribution in [2.75, 3.05) is 4.90 Å². The van der Waals surface area contributed by atoms with Gasteiger partial charge >= 0.3 is 0 Å². The average Bonchev–Trinajstić information content (AvgIpc) is 2.52. The maximum absolute atomic E-state index is 6.47. The second-order valence-electron chi connectivity index (χ2n) is 6.58. The number of hydrogen-bond donors (Lipinski definition) is 1. The molecule has 4 rings (SSSR count). The third kappa shape index (κ3) is 2.05. The number of aryl methyl sites for hydroxylation is 1. The van der Waals surface area contributed by atoms with Crippen LogP contribution in [0, 0.1) is 12.8 Å². The number of nitrogens with zero attached hydrogens (tertiary/aromatic N) is 1. The van der Waals surface area contributed by atoms with Crippen LogP contribution in [0.15, 0.2) is 48.5 Å². The van der Waals surface area contributed by atoms with Crippen LogP contribution < -0.4 is 15.0 Å². The fraction of sp³-hybridized carbons (Fsp3) is 0.316. The van der Waals surface area contributed by atoms with Crippen LogP contribution in [0.25, 0.3) is 0 Å². The Morgan fingerprint density at radius 3 is 2.57 bits per heavy atom. The Balaban J connectivity index is 1.85. The van der Waals surface area contributed by atoms with Gasteiger partial charge in [0.05, 0.1) is 6.04 Å². The second kappa shape index (κ2) is 4.96. The highest BCUT2D eigenvalue weighted by molar-refractivity contribution is 7.80. The molecule has 0 amide bonds. The zero-order chi connectivity index (χ0) is 16.2. The molecule has 0 saturated carbocycles. The van der Waals surface area contributed by atoms with Crippen LogP contribution >= 0.6 is 12.2 Å². The van der Waals surface area contributed by atoms with Gasteiger partial charge in [0.15, 0.2) is 10.8 Å². The smallest absolute Gasteiger partial charge is 0.190 e. The van der Waals surface area contributed by atoms with Gasteiger partial charge in [0, 0.05) is 17.2 Å². The first-order valence-corrected chi connectivity index (χ1v) is 8.37. The maximum Gasteiger partial charge on any atom is 0.190 e. The molecule has 0 aliphatic carbocycles. The first kappa shape index (κ1) is 14.5. The maximum atomic E-state index is 6.47. The first-order chi connectivity index (χ1) is 11.0. The van der Waals surface area contributed by atoms with Crippen LogP contribution in [-0.2, 0) is 0 Å².